The van der Waals surface area contributed by atoms with Gasteiger partial charge in [-0.2, -0.15) is 0 Å². The Kier molecular flexibility index (Phi) is 5.76. The summed E-state index contributed by atoms with van der Waals surface area (Å²) in [6.07, 6.45) is 0.292. The fourth-order valence-corrected chi connectivity index (χ4v) is 0.810. The molecule has 0 saturated carbocycles. The van der Waals surface area contributed by atoms with E-state index in [1.165, 1.54) is 0 Å². The lowest BCUT2D eigenvalue weighted by Gasteiger charge is -2.21. The third kappa shape index (κ3) is 6.49. The van der Waals surface area contributed by atoms with Gasteiger partial charge >= 0.3 is 0 Å². The lowest BCUT2D eigenvalue weighted by Crippen LogP contribution is -2.26. The van der Waals surface area contributed by atoms with Crippen LogP contribution < -0.4 is 0 Å². The van der Waals surface area contributed by atoms with Gasteiger partial charge in [0.2, 0.25) is 0 Å². The van der Waals surface area contributed by atoms with E-state index in [0.717, 1.165) is 0 Å². The molecule has 0 aromatic heterocycles. The average molecular weight is 178 g/mol. The van der Waals surface area contributed by atoms with E-state index >= 15 is 0 Å². The zero-order valence-corrected chi connectivity index (χ0v) is 9.96. The zero-order valence-electron chi connectivity index (χ0n) is 7.96. The Labute approximate surface area is 71.6 Å². The molecule has 0 aliphatic carbocycles. The van der Waals surface area contributed by atoms with Crippen molar-refractivity contribution in [2.45, 2.75) is 46.4 Å². The van der Waals surface area contributed by atoms with Gasteiger partial charge in [-0.1, -0.05) is 0 Å². The van der Waals surface area contributed by atoms with Crippen LogP contribution in [0.3, 0.4) is 0 Å². The van der Waals surface area contributed by atoms with Crippen LogP contribution >= 0.6 is 0 Å². The molecule has 0 N–H and O–H groups in total. The van der Waals surface area contributed by atoms with Crippen molar-refractivity contribution in [3.8, 4) is 0 Å². The minimum absolute atomic E-state index is 0.146. The Morgan fingerprint density at radius 2 is 1.27 bits per heavy atom. The lowest BCUT2D eigenvalue weighted by atomic mass is 10.5. The first-order valence-electron chi connectivity index (χ1n) is 3.90. The maximum absolute atomic E-state index is 5.30. The minimum Gasteiger partial charge on any atom is -0.383 e. The Hall–Kier alpha value is 0.0969. The van der Waals surface area contributed by atoms with Gasteiger partial charge in [-0.3, -0.25) is 0 Å². The largest absolute Gasteiger partial charge is 0.383 e. The van der Waals surface area contributed by atoms with Crippen LogP contribution in [0.1, 0.15) is 27.7 Å². The van der Waals surface area contributed by atoms with Crippen molar-refractivity contribution in [3.63, 3.8) is 0 Å². The van der Waals surface area contributed by atoms with Crippen LogP contribution in [0.25, 0.3) is 0 Å². The highest BCUT2D eigenvalue weighted by molar-refractivity contribution is 5.97. The molecule has 0 rings (SSSR count). The summed E-state index contributed by atoms with van der Waals surface area (Å²) < 4.78 is 15.7. The summed E-state index contributed by atoms with van der Waals surface area (Å²) in [6.45, 7) is 7.35. The van der Waals surface area contributed by atoms with Crippen LogP contribution in [0.15, 0.2) is 0 Å². The molecule has 0 unspecified atom stereocenters. The van der Waals surface area contributed by atoms with Crippen LogP contribution in [0.5, 0.6) is 0 Å². The molecule has 68 valence electrons. The third-order valence-electron chi connectivity index (χ3n) is 0.959. The van der Waals surface area contributed by atoms with Crippen molar-refractivity contribution < 1.29 is 13.9 Å². The van der Waals surface area contributed by atoms with Gasteiger partial charge in [0.1, 0.15) is 0 Å². The van der Waals surface area contributed by atoms with Crippen molar-refractivity contribution in [3.05, 3.63) is 0 Å². The summed E-state index contributed by atoms with van der Waals surface area (Å²) in [6, 6.07) is 0. The molecular weight excluding hydrogens is 160 g/mol. The van der Waals surface area contributed by atoms with E-state index in [1.807, 2.05) is 27.7 Å². The van der Waals surface area contributed by atoms with Crippen molar-refractivity contribution in [1.29, 1.82) is 0 Å². The van der Waals surface area contributed by atoms with Gasteiger partial charge in [-0.15, -0.1) is 0 Å². The number of hydrogen-bond acceptors (Lipinski definition) is 3. The molecule has 0 spiro atoms. The maximum atomic E-state index is 5.30. The van der Waals surface area contributed by atoms with E-state index in [1.54, 1.807) is 0 Å². The predicted molar refractivity (Wildman–Crippen MR) is 47.3 cm³/mol. The Morgan fingerprint density at radius 1 is 0.909 bits per heavy atom. The van der Waals surface area contributed by atoms with E-state index in [9.17, 15) is 0 Å². The van der Waals surface area contributed by atoms with Crippen molar-refractivity contribution >= 4 is 10.5 Å². The fraction of sp³-hybridized carbons (Fsp3) is 1.00. The lowest BCUT2D eigenvalue weighted by molar-refractivity contribution is -0.273. The molecule has 0 bridgehead atoms. The standard InChI is InChI=1S/C7H18O3Si/c1-5(2)8-7(10-11)9-6(3)4/h5-7H,1-4,11H3. The summed E-state index contributed by atoms with van der Waals surface area (Å²) in [4.78, 5) is 0. The van der Waals surface area contributed by atoms with Gasteiger partial charge in [0.25, 0.3) is 6.48 Å². The van der Waals surface area contributed by atoms with E-state index in [2.05, 4.69) is 0 Å². The average Bonchev–Trinajstić information content (AvgIpc) is 1.84. The molecule has 4 heteroatoms. The molecule has 0 heterocycles. The smallest absolute Gasteiger partial charge is 0.261 e. The summed E-state index contributed by atoms with van der Waals surface area (Å²) in [5.74, 6) is 0. The zero-order chi connectivity index (χ0) is 8.85. The van der Waals surface area contributed by atoms with Gasteiger partial charge in [-0.05, 0) is 27.7 Å². The van der Waals surface area contributed by atoms with Crippen LogP contribution in [0, 0.1) is 0 Å². The van der Waals surface area contributed by atoms with Crippen molar-refractivity contribution in [2.75, 3.05) is 0 Å². The van der Waals surface area contributed by atoms with Gasteiger partial charge in [0.15, 0.2) is 10.5 Å². The topological polar surface area (TPSA) is 27.7 Å². The highest BCUT2D eigenvalue weighted by Gasteiger charge is 2.10. The Bertz CT molecular complexity index is 85.7. The molecule has 0 atom stereocenters. The molecule has 0 fully saturated rings. The first-order chi connectivity index (χ1) is 5.06. The second kappa shape index (κ2) is 5.71. The molecule has 0 aliphatic heterocycles. The second-order valence-electron chi connectivity index (χ2n) is 2.89. The first-order valence-corrected chi connectivity index (χ1v) is 4.71. The summed E-state index contributed by atoms with van der Waals surface area (Å²) in [5.41, 5.74) is 0. The minimum atomic E-state index is -0.471. The highest BCUT2D eigenvalue weighted by Crippen LogP contribution is 2.03. The fourth-order valence-electron chi connectivity index (χ4n) is 0.588. The van der Waals surface area contributed by atoms with Gasteiger partial charge < -0.3 is 13.9 Å². The second-order valence-corrected chi connectivity index (χ2v) is 3.37. The molecule has 0 aliphatic rings. The van der Waals surface area contributed by atoms with Crippen LogP contribution in [-0.2, 0) is 13.9 Å². The summed E-state index contributed by atoms with van der Waals surface area (Å²) in [5, 5.41) is 0. The van der Waals surface area contributed by atoms with E-state index in [4.69, 9.17) is 13.9 Å². The molecule has 0 amide bonds. The molecule has 3 nitrogen and oxygen atoms in total. The maximum Gasteiger partial charge on any atom is 0.261 e. The predicted octanol–water partition coefficient (Wildman–Crippen LogP) is 0.417. The Morgan fingerprint density at radius 3 is 1.45 bits per heavy atom. The SMILES string of the molecule is CC(C)OC(O[SiH3])OC(C)C. The first kappa shape index (κ1) is 11.1. The van der Waals surface area contributed by atoms with Crippen LogP contribution in [-0.4, -0.2) is 29.2 Å². The summed E-state index contributed by atoms with van der Waals surface area (Å²) in [7, 11) is 0.633. The number of hydrogen-bond donors (Lipinski definition) is 0. The van der Waals surface area contributed by atoms with Crippen LogP contribution in [0.2, 0.25) is 0 Å². The normalized spacial score (nSPS) is 12.3. The quantitative estimate of drug-likeness (QED) is 0.451. The third-order valence-corrected chi connectivity index (χ3v) is 1.34. The van der Waals surface area contributed by atoms with E-state index in [0.29, 0.717) is 10.5 Å². The van der Waals surface area contributed by atoms with E-state index < -0.39 is 6.48 Å². The number of rotatable bonds is 5. The Balaban J connectivity index is 3.58. The highest BCUT2D eigenvalue weighted by atomic mass is 28.2. The van der Waals surface area contributed by atoms with Crippen LogP contribution in [0.4, 0.5) is 0 Å². The number of ether oxygens (including phenoxy) is 2. The molecule has 0 aromatic carbocycles. The monoisotopic (exact) mass is 178 g/mol. The van der Waals surface area contributed by atoms with Gasteiger partial charge in [0, 0.05) is 0 Å². The molecular formula is C7H18O3Si. The van der Waals surface area contributed by atoms with E-state index in [-0.39, 0.29) is 12.2 Å². The molecule has 0 saturated heterocycles. The molecule has 11 heavy (non-hydrogen) atoms. The van der Waals surface area contributed by atoms with Crippen molar-refractivity contribution in [2.24, 2.45) is 0 Å². The summed E-state index contributed by atoms with van der Waals surface area (Å²) >= 11 is 0. The molecule has 0 radical (unpaired) electrons. The van der Waals surface area contributed by atoms with Gasteiger partial charge in [0.05, 0.1) is 12.2 Å². The van der Waals surface area contributed by atoms with Crippen molar-refractivity contribution in [1.82, 2.24) is 0 Å². The van der Waals surface area contributed by atoms with Gasteiger partial charge in [-0.25, -0.2) is 0 Å². The molecule has 0 aromatic rings.